The molecule has 12 heteroatoms. The molecular formula is C32H32F4N2O6. The monoisotopic (exact) mass is 616 g/mol. The second-order valence-electron chi connectivity index (χ2n) is 9.96. The van der Waals surface area contributed by atoms with E-state index in [9.17, 15) is 31.9 Å². The number of carbonyl (C=O) groups excluding carboxylic acids is 3. The van der Waals surface area contributed by atoms with E-state index in [0.29, 0.717) is 18.4 Å². The number of hydrogen-bond acceptors (Lipinski definition) is 7. The zero-order chi connectivity index (χ0) is 32.4. The van der Waals surface area contributed by atoms with Gasteiger partial charge in [-0.25, -0.2) is 9.37 Å². The summed E-state index contributed by atoms with van der Waals surface area (Å²) in [5, 5.41) is 2.39. The van der Waals surface area contributed by atoms with Crippen molar-refractivity contribution in [3.05, 3.63) is 102 Å². The number of aromatic nitrogens is 1. The maximum absolute atomic E-state index is 13.5. The number of carbonyl (C=O) groups is 3. The number of hydrogen-bond donors (Lipinski definition) is 1. The first-order chi connectivity index (χ1) is 20.8. The smallest absolute Gasteiger partial charge is 0.416 e. The first-order valence-electron chi connectivity index (χ1n) is 13.5. The number of esters is 2. The Balaban J connectivity index is 1.75. The zero-order valence-electron chi connectivity index (χ0n) is 24.3. The number of nitrogens with zero attached hydrogens (tertiary/aromatic N) is 1. The average Bonchev–Trinajstić information content (AvgIpc) is 2.98. The summed E-state index contributed by atoms with van der Waals surface area (Å²) in [6, 6.07) is 12.0. The van der Waals surface area contributed by atoms with Crippen LogP contribution in [0.15, 0.2) is 73.4 Å². The highest BCUT2D eigenvalue weighted by atomic mass is 19.4. The summed E-state index contributed by atoms with van der Waals surface area (Å²) >= 11 is 0. The van der Waals surface area contributed by atoms with Crippen LogP contribution >= 0.6 is 0 Å². The first kappa shape index (κ1) is 33.8. The molecule has 0 bridgehead atoms. The molecule has 0 fully saturated rings. The SMILES string of the molecule is C=C[C@H](Cc1ccc(C(F)(F)F)cc1)[C@@H](Cc1ccc(F)cc1)[C@H](C)OC(=O)CNC(=O)c1nccc(OC)c1OC(C)=O. The van der Waals surface area contributed by atoms with Crippen molar-refractivity contribution in [3.63, 3.8) is 0 Å². The van der Waals surface area contributed by atoms with Gasteiger partial charge in [0.25, 0.3) is 5.91 Å². The van der Waals surface area contributed by atoms with Crippen LogP contribution < -0.4 is 14.8 Å². The van der Waals surface area contributed by atoms with Crippen molar-refractivity contribution < 1.29 is 46.2 Å². The quantitative estimate of drug-likeness (QED) is 0.148. The van der Waals surface area contributed by atoms with Crippen molar-refractivity contribution >= 4 is 17.8 Å². The van der Waals surface area contributed by atoms with Crippen LogP contribution in [0.5, 0.6) is 11.5 Å². The van der Waals surface area contributed by atoms with Crippen LogP contribution in [0.1, 0.15) is 41.0 Å². The predicted octanol–water partition coefficient (Wildman–Crippen LogP) is 5.74. The summed E-state index contributed by atoms with van der Waals surface area (Å²) in [4.78, 5) is 41.1. The van der Waals surface area contributed by atoms with Gasteiger partial charge in [0.15, 0.2) is 11.4 Å². The van der Waals surface area contributed by atoms with E-state index in [2.05, 4.69) is 16.9 Å². The number of halogens is 4. The van der Waals surface area contributed by atoms with Gasteiger partial charge in [-0.15, -0.1) is 6.58 Å². The predicted molar refractivity (Wildman–Crippen MR) is 152 cm³/mol. The molecule has 2 aromatic carbocycles. The summed E-state index contributed by atoms with van der Waals surface area (Å²) in [6.07, 6.45) is -1.68. The lowest BCUT2D eigenvalue weighted by atomic mass is 9.79. The van der Waals surface area contributed by atoms with E-state index in [1.165, 1.54) is 43.6 Å². The molecule has 0 saturated carbocycles. The standard InChI is InChI=1S/C32H32F4N2O6/c1-5-23(16-21-6-10-24(11-7-21)32(34,35)36)26(17-22-8-12-25(33)13-9-22)19(2)43-28(40)18-38-31(41)29-30(44-20(3)39)27(42-4)14-15-37-29/h5-15,19,23,26H,1,16-18H2,2-4H3,(H,38,41)/t19-,23+,26-/m0/s1. The Hall–Kier alpha value is -4.74. The highest BCUT2D eigenvalue weighted by molar-refractivity contribution is 5.98. The Bertz CT molecular complexity index is 1460. The van der Waals surface area contributed by atoms with Crippen LogP contribution in [-0.4, -0.2) is 42.6 Å². The van der Waals surface area contributed by atoms with Gasteiger partial charge >= 0.3 is 18.1 Å². The molecule has 1 N–H and O–H groups in total. The number of pyridine rings is 1. The number of alkyl halides is 3. The van der Waals surface area contributed by atoms with Crippen molar-refractivity contribution in [2.24, 2.45) is 11.8 Å². The molecule has 3 atom stereocenters. The van der Waals surface area contributed by atoms with E-state index in [0.717, 1.165) is 24.6 Å². The highest BCUT2D eigenvalue weighted by Crippen LogP contribution is 2.32. The first-order valence-corrected chi connectivity index (χ1v) is 13.5. The molecule has 0 radical (unpaired) electrons. The fourth-order valence-electron chi connectivity index (χ4n) is 4.64. The molecule has 0 aliphatic heterocycles. The Kier molecular flexibility index (Phi) is 11.6. The van der Waals surface area contributed by atoms with Gasteiger partial charge < -0.3 is 19.5 Å². The Morgan fingerprint density at radius 1 is 1.00 bits per heavy atom. The molecule has 3 aromatic rings. The molecule has 234 valence electrons. The summed E-state index contributed by atoms with van der Waals surface area (Å²) in [7, 11) is 1.32. The molecule has 1 amide bonds. The third-order valence-electron chi connectivity index (χ3n) is 6.85. The van der Waals surface area contributed by atoms with Gasteiger partial charge in [-0.05, 0) is 61.1 Å². The average molecular weight is 617 g/mol. The van der Waals surface area contributed by atoms with Crippen LogP contribution in [0.2, 0.25) is 0 Å². The molecule has 0 spiro atoms. The summed E-state index contributed by atoms with van der Waals surface area (Å²) in [5.41, 5.74) is 0.312. The lowest BCUT2D eigenvalue weighted by molar-refractivity contribution is -0.150. The molecule has 44 heavy (non-hydrogen) atoms. The van der Waals surface area contributed by atoms with E-state index < -0.39 is 54.0 Å². The largest absolute Gasteiger partial charge is 0.493 e. The summed E-state index contributed by atoms with van der Waals surface area (Å²) in [5.74, 6) is -3.64. The van der Waals surface area contributed by atoms with Gasteiger partial charge in [0, 0.05) is 25.1 Å². The number of rotatable bonds is 13. The fraction of sp³-hybridized carbons (Fsp3) is 0.312. The van der Waals surface area contributed by atoms with E-state index in [1.54, 1.807) is 25.1 Å². The van der Waals surface area contributed by atoms with E-state index >= 15 is 0 Å². The topological polar surface area (TPSA) is 104 Å². The van der Waals surface area contributed by atoms with Gasteiger partial charge in [0.2, 0.25) is 5.75 Å². The van der Waals surface area contributed by atoms with Crippen LogP contribution in [0.25, 0.3) is 0 Å². The Morgan fingerprint density at radius 3 is 2.18 bits per heavy atom. The van der Waals surface area contributed by atoms with Crippen LogP contribution in [0, 0.1) is 17.7 Å². The third kappa shape index (κ3) is 9.38. The van der Waals surface area contributed by atoms with Crippen molar-refractivity contribution in [2.45, 2.75) is 39.0 Å². The Labute approximate surface area is 252 Å². The minimum atomic E-state index is -4.47. The van der Waals surface area contributed by atoms with Crippen LogP contribution in [-0.2, 0) is 33.3 Å². The molecular weight excluding hydrogens is 584 g/mol. The molecule has 0 saturated heterocycles. The van der Waals surface area contributed by atoms with Gasteiger partial charge in [-0.3, -0.25) is 14.4 Å². The number of allylic oxidation sites excluding steroid dienone is 1. The van der Waals surface area contributed by atoms with Crippen molar-refractivity contribution in [1.82, 2.24) is 10.3 Å². The second-order valence-corrected chi connectivity index (χ2v) is 9.96. The number of benzene rings is 2. The summed E-state index contributed by atoms with van der Waals surface area (Å²) in [6.45, 7) is 6.14. The van der Waals surface area contributed by atoms with E-state index in [1.807, 2.05) is 0 Å². The van der Waals surface area contributed by atoms with Gasteiger partial charge in [0.05, 0.1) is 12.7 Å². The Morgan fingerprint density at radius 2 is 1.61 bits per heavy atom. The third-order valence-corrected chi connectivity index (χ3v) is 6.85. The maximum Gasteiger partial charge on any atom is 0.416 e. The highest BCUT2D eigenvalue weighted by Gasteiger charge is 2.31. The van der Waals surface area contributed by atoms with Gasteiger partial charge in [-0.1, -0.05) is 30.3 Å². The molecule has 8 nitrogen and oxygen atoms in total. The van der Waals surface area contributed by atoms with E-state index in [-0.39, 0.29) is 23.1 Å². The molecule has 3 rings (SSSR count). The van der Waals surface area contributed by atoms with Crippen molar-refractivity contribution in [2.75, 3.05) is 13.7 Å². The normalized spacial score (nSPS) is 13.2. The lowest BCUT2D eigenvalue weighted by Gasteiger charge is -2.30. The summed E-state index contributed by atoms with van der Waals surface area (Å²) < 4.78 is 68.5. The molecule has 1 heterocycles. The lowest BCUT2D eigenvalue weighted by Crippen LogP contribution is -2.37. The molecule has 1 aromatic heterocycles. The van der Waals surface area contributed by atoms with Gasteiger partial charge in [-0.2, -0.15) is 13.2 Å². The fourth-order valence-corrected chi connectivity index (χ4v) is 4.64. The molecule has 0 unspecified atom stereocenters. The van der Waals surface area contributed by atoms with Crippen molar-refractivity contribution in [3.8, 4) is 11.5 Å². The van der Waals surface area contributed by atoms with Crippen LogP contribution in [0.3, 0.4) is 0 Å². The van der Waals surface area contributed by atoms with Gasteiger partial charge in [0.1, 0.15) is 18.5 Å². The maximum atomic E-state index is 13.5. The number of ether oxygens (including phenoxy) is 3. The zero-order valence-corrected chi connectivity index (χ0v) is 24.3. The molecule has 0 aliphatic carbocycles. The van der Waals surface area contributed by atoms with Crippen LogP contribution in [0.4, 0.5) is 17.6 Å². The second kappa shape index (κ2) is 15.1. The number of methoxy groups -OCH3 is 1. The minimum absolute atomic E-state index is 0.0868. The van der Waals surface area contributed by atoms with E-state index in [4.69, 9.17) is 14.2 Å². The molecule has 0 aliphatic rings. The van der Waals surface area contributed by atoms with Crippen molar-refractivity contribution in [1.29, 1.82) is 0 Å². The number of amides is 1. The minimum Gasteiger partial charge on any atom is -0.493 e. The number of nitrogens with one attached hydrogen (secondary N) is 1.